The van der Waals surface area contributed by atoms with E-state index in [4.69, 9.17) is 8.83 Å². The van der Waals surface area contributed by atoms with Crippen LogP contribution in [0.1, 0.15) is 53.1 Å². The fraction of sp³-hybridized carbons (Fsp3) is 0.353. The summed E-state index contributed by atoms with van der Waals surface area (Å²) in [4.78, 5) is 0. The molecule has 0 bridgehead atoms. The van der Waals surface area contributed by atoms with E-state index in [0.29, 0.717) is 0 Å². The van der Waals surface area contributed by atoms with Crippen molar-refractivity contribution < 1.29 is 8.83 Å². The Labute approximate surface area is 228 Å². The molecule has 0 saturated carbocycles. The minimum absolute atomic E-state index is 0.777. The molecule has 2 aromatic heterocycles. The first kappa shape index (κ1) is 26.4. The molecule has 0 aliphatic carbocycles. The Hall–Kier alpha value is -3.19. The molecule has 5 aromatic rings. The van der Waals surface area contributed by atoms with Crippen molar-refractivity contribution in [2.45, 2.75) is 77.8 Å². The minimum Gasteiger partial charge on any atom is -0.448 e. The van der Waals surface area contributed by atoms with Gasteiger partial charge in [0.1, 0.15) is 27.3 Å². The lowest BCUT2D eigenvalue weighted by Crippen LogP contribution is -2.29. The van der Waals surface area contributed by atoms with E-state index < -0.39 is 16.1 Å². The van der Waals surface area contributed by atoms with Crippen LogP contribution in [0.3, 0.4) is 0 Å². The van der Waals surface area contributed by atoms with Gasteiger partial charge in [-0.25, -0.2) is 0 Å². The van der Waals surface area contributed by atoms with Crippen LogP contribution in [0, 0.1) is 22.9 Å². The van der Waals surface area contributed by atoms with Crippen molar-refractivity contribution >= 4 is 59.6 Å². The predicted molar refractivity (Wildman–Crippen MR) is 169 cm³/mol. The van der Waals surface area contributed by atoms with Gasteiger partial charge in [0.2, 0.25) is 0 Å². The minimum atomic E-state index is -1.52. The van der Waals surface area contributed by atoms with Gasteiger partial charge in [-0.05, 0) is 81.8 Å². The number of furan rings is 2. The first-order valence-corrected chi connectivity index (χ1v) is 19.6. The Morgan fingerprint density at radius 1 is 0.474 bits per heavy atom. The Morgan fingerprint density at radius 2 is 0.789 bits per heavy atom. The van der Waals surface area contributed by atoms with Gasteiger partial charge >= 0.3 is 0 Å². The summed E-state index contributed by atoms with van der Waals surface area (Å²) < 4.78 is 12.4. The van der Waals surface area contributed by atoms with Crippen molar-refractivity contribution in [3.63, 3.8) is 0 Å². The molecule has 38 heavy (non-hydrogen) atoms. The largest absolute Gasteiger partial charge is 0.448 e. The van der Waals surface area contributed by atoms with Crippen molar-refractivity contribution in [1.29, 1.82) is 0 Å². The molecule has 2 nitrogen and oxygen atoms in total. The second kappa shape index (κ2) is 10.5. The normalized spacial score (nSPS) is 12.2. The summed E-state index contributed by atoms with van der Waals surface area (Å²) in [6.07, 6.45) is 0. The highest BCUT2D eigenvalue weighted by molar-refractivity contribution is 6.87. The van der Waals surface area contributed by atoms with E-state index in [0.717, 1.165) is 33.5 Å². The molecule has 0 unspecified atom stereocenters. The lowest BCUT2D eigenvalue weighted by Gasteiger charge is -2.19. The average Bonchev–Trinajstić information content (AvgIpc) is 3.59. The van der Waals surface area contributed by atoms with Gasteiger partial charge in [0, 0.05) is 22.9 Å². The van der Waals surface area contributed by atoms with Gasteiger partial charge in [0.05, 0.1) is 0 Å². The quantitative estimate of drug-likeness (QED) is 0.123. The zero-order valence-electron chi connectivity index (χ0n) is 23.7. The molecule has 194 valence electrons. The van der Waals surface area contributed by atoms with Crippen molar-refractivity contribution in [3.05, 3.63) is 60.1 Å². The number of benzene rings is 3. The van der Waals surface area contributed by atoms with Crippen LogP contribution in [0.4, 0.5) is 0 Å². The second-order valence-corrected chi connectivity index (χ2v) is 20.5. The van der Waals surface area contributed by atoms with Crippen LogP contribution in [0.2, 0.25) is 36.3 Å². The third kappa shape index (κ3) is 4.51. The molecular weight excluding hydrogens is 497 g/mol. The lowest BCUT2D eigenvalue weighted by molar-refractivity contribution is 0.601. The molecule has 0 aliphatic heterocycles. The SMILES string of the molecule is CC[Si](C#Cc1cc2c(ccc3c2ccc2c4cc(C#C[Si](CC)(CC)CC)oc4ccc23)o1)(CC)CC. The molecule has 0 aliphatic rings. The van der Waals surface area contributed by atoms with E-state index in [-0.39, 0.29) is 0 Å². The summed E-state index contributed by atoms with van der Waals surface area (Å²) in [5.41, 5.74) is 9.13. The molecule has 0 fully saturated rings. The third-order valence-electron chi connectivity index (χ3n) is 9.15. The van der Waals surface area contributed by atoms with Crippen LogP contribution in [-0.4, -0.2) is 16.1 Å². The Kier molecular flexibility index (Phi) is 7.32. The topological polar surface area (TPSA) is 26.3 Å². The van der Waals surface area contributed by atoms with E-state index in [2.05, 4.69) is 113 Å². The molecule has 3 aromatic carbocycles. The smallest absolute Gasteiger partial charge is 0.177 e. The van der Waals surface area contributed by atoms with E-state index in [1.165, 1.54) is 57.8 Å². The molecule has 4 heteroatoms. The van der Waals surface area contributed by atoms with Crippen LogP contribution >= 0.6 is 0 Å². The lowest BCUT2D eigenvalue weighted by atomic mass is 9.98. The summed E-state index contributed by atoms with van der Waals surface area (Å²) in [6.45, 7) is 13.7. The molecule has 2 heterocycles. The van der Waals surface area contributed by atoms with E-state index in [9.17, 15) is 0 Å². The van der Waals surface area contributed by atoms with Crippen molar-refractivity contribution in [1.82, 2.24) is 0 Å². The van der Waals surface area contributed by atoms with Crippen LogP contribution in [0.5, 0.6) is 0 Å². The first-order valence-electron chi connectivity index (χ1n) is 14.3. The van der Waals surface area contributed by atoms with Crippen LogP contribution in [-0.2, 0) is 0 Å². The molecule has 0 N–H and O–H groups in total. The van der Waals surface area contributed by atoms with Crippen molar-refractivity contribution in [2.24, 2.45) is 0 Å². The fourth-order valence-corrected chi connectivity index (χ4v) is 10.6. The standard InChI is InChI=1S/C34H38O2Si2/c1-7-37(8-2,9-3)21-19-25-23-31-29-13-14-30-28(27(29)15-17-33(31)35-25)16-18-34-32(30)24-26(36-34)20-22-38(10-4,11-5)12-6/h13-18,23-24H,7-12H2,1-6H3. The first-order chi connectivity index (χ1) is 18.4. The maximum atomic E-state index is 6.19. The van der Waals surface area contributed by atoms with E-state index >= 15 is 0 Å². The Bertz CT molecular complexity index is 1610. The summed E-state index contributed by atoms with van der Waals surface area (Å²) >= 11 is 0. The number of hydrogen-bond acceptors (Lipinski definition) is 2. The molecule has 5 rings (SSSR count). The molecule has 0 saturated heterocycles. The molecule has 0 spiro atoms. The van der Waals surface area contributed by atoms with Crippen molar-refractivity contribution in [3.8, 4) is 22.9 Å². The van der Waals surface area contributed by atoms with Gasteiger partial charge in [-0.1, -0.05) is 65.8 Å². The molecule has 0 amide bonds. The summed E-state index contributed by atoms with van der Waals surface area (Å²) in [7, 11) is -3.05. The van der Waals surface area contributed by atoms with Gasteiger partial charge in [0.25, 0.3) is 0 Å². The van der Waals surface area contributed by atoms with Gasteiger partial charge in [-0.2, -0.15) is 0 Å². The monoisotopic (exact) mass is 534 g/mol. The van der Waals surface area contributed by atoms with Crippen molar-refractivity contribution in [2.75, 3.05) is 0 Å². The van der Waals surface area contributed by atoms with Gasteiger partial charge in [-0.3, -0.25) is 0 Å². The maximum absolute atomic E-state index is 6.19. The zero-order valence-corrected chi connectivity index (χ0v) is 25.7. The molecular formula is C34H38O2Si2. The highest BCUT2D eigenvalue weighted by Gasteiger charge is 2.25. The number of hydrogen-bond donors (Lipinski definition) is 0. The number of fused-ring (bicyclic) bond motifs is 7. The molecule has 0 atom stereocenters. The summed E-state index contributed by atoms with van der Waals surface area (Å²) in [5, 5.41) is 7.10. The number of rotatable bonds is 6. The second-order valence-electron chi connectivity index (χ2n) is 10.6. The summed E-state index contributed by atoms with van der Waals surface area (Å²) in [6, 6.07) is 24.4. The molecule has 0 radical (unpaired) electrons. The van der Waals surface area contributed by atoms with Crippen LogP contribution in [0.25, 0.3) is 43.5 Å². The third-order valence-corrected chi connectivity index (χ3v) is 18.6. The fourth-order valence-electron chi connectivity index (χ4n) is 5.80. The predicted octanol–water partition coefficient (Wildman–Crippen LogP) is 10.3. The maximum Gasteiger partial charge on any atom is 0.177 e. The Morgan fingerprint density at radius 3 is 1.13 bits per heavy atom. The van der Waals surface area contributed by atoms with E-state index in [1.54, 1.807) is 0 Å². The Balaban J connectivity index is 1.60. The van der Waals surface area contributed by atoms with Gasteiger partial charge in [0.15, 0.2) is 11.5 Å². The van der Waals surface area contributed by atoms with Gasteiger partial charge in [-0.15, -0.1) is 11.1 Å². The average molecular weight is 535 g/mol. The van der Waals surface area contributed by atoms with E-state index in [1.807, 2.05) is 0 Å². The highest BCUT2D eigenvalue weighted by Crippen LogP contribution is 2.36. The van der Waals surface area contributed by atoms with Gasteiger partial charge < -0.3 is 8.83 Å². The highest BCUT2D eigenvalue weighted by atomic mass is 28.3. The van der Waals surface area contributed by atoms with Crippen LogP contribution < -0.4 is 0 Å². The zero-order chi connectivity index (χ0) is 26.9. The van der Waals surface area contributed by atoms with Crippen LogP contribution in [0.15, 0.2) is 57.4 Å². The summed E-state index contributed by atoms with van der Waals surface area (Å²) in [5.74, 6) is 8.38.